The summed E-state index contributed by atoms with van der Waals surface area (Å²) in [5.74, 6) is -0.520. The number of hydrogen-bond donors (Lipinski definition) is 2. The third kappa shape index (κ3) is 9.08. The van der Waals surface area contributed by atoms with Gasteiger partial charge in [-0.15, -0.1) is 0 Å². The second-order valence-corrected chi connectivity index (χ2v) is 21.5. The highest BCUT2D eigenvalue weighted by Crippen LogP contribution is 2.48. The van der Waals surface area contributed by atoms with Crippen LogP contribution in [0.5, 0.6) is 5.75 Å². The zero-order chi connectivity index (χ0) is 41.5. The maximum absolute atomic E-state index is 14.0. The Hall–Kier alpha value is -3.25. The number of amides is 2. The van der Waals surface area contributed by atoms with Crippen LogP contribution in [0, 0.1) is 11.8 Å². The monoisotopic (exact) mass is 861 g/mol. The summed E-state index contributed by atoms with van der Waals surface area (Å²) < 4.78 is 66.0. The molecule has 2 fully saturated rings. The number of fused-ring (bicyclic) bond motifs is 4. The Balaban J connectivity index is 1.26. The minimum absolute atomic E-state index is 0.0729. The maximum atomic E-state index is 14.0. The first-order chi connectivity index (χ1) is 27.5. The van der Waals surface area contributed by atoms with Crippen LogP contribution in [0.4, 0.5) is 5.69 Å². The van der Waals surface area contributed by atoms with E-state index in [0.29, 0.717) is 68.8 Å². The van der Waals surface area contributed by atoms with E-state index in [1.807, 2.05) is 22.9 Å². The van der Waals surface area contributed by atoms with Gasteiger partial charge in [0.15, 0.2) is 15.4 Å². The Morgan fingerprint density at radius 3 is 2.62 bits per heavy atom. The normalized spacial score (nSPS) is 29.8. The SMILES string of the molecule is CN1CC/C=C\[C@H](OCCN2CCS(=O)(=O)CC2)[C@@H]2CC[C@H]2CN2C[C@@]3(CCCc4cc(Cl)ccc43)COc3ccc(cc32)[C@@](O)(C(=O)NS(=O)(=O)N(C)C)CC1=O. The summed E-state index contributed by atoms with van der Waals surface area (Å²) in [5.41, 5.74) is 0.137. The summed E-state index contributed by atoms with van der Waals surface area (Å²) in [4.78, 5) is 33.6. The van der Waals surface area contributed by atoms with Gasteiger partial charge in [-0.3, -0.25) is 14.5 Å². The lowest BCUT2D eigenvalue weighted by Gasteiger charge is -2.46. The Morgan fingerprint density at radius 2 is 1.90 bits per heavy atom. The van der Waals surface area contributed by atoms with E-state index in [0.717, 1.165) is 36.4 Å². The molecule has 2 aromatic carbocycles. The standard InChI is InChI=1S/C41H56ClN5O9S2/c1-44(2)58(53,54)43-39(49)41(50)25-38(48)45(3)16-5-4-8-36(55-20-17-46-18-21-57(51,52)22-19-46)33-12-9-30(33)26-47-27-40(28-56-37-14-10-31(41)24-35(37)47)15-6-7-29-23-32(42)11-13-34(29)40/h4,8,10-11,13-14,23-24,30,33,36,50H,5-7,9,12,15-22,25-28H2,1-3H3,(H,43,49)/b8-4-/t30-,33+,36-,40-,41+/m0/s1. The van der Waals surface area contributed by atoms with Crippen molar-refractivity contribution in [3.05, 3.63) is 70.3 Å². The molecule has 5 atom stereocenters. The highest BCUT2D eigenvalue weighted by atomic mass is 35.5. The topological polar surface area (TPSA) is 166 Å². The van der Waals surface area contributed by atoms with Crippen LogP contribution in [0.1, 0.15) is 55.2 Å². The molecule has 2 aliphatic carbocycles. The lowest BCUT2D eigenvalue weighted by Crippen LogP contribution is -2.52. The van der Waals surface area contributed by atoms with Gasteiger partial charge in [-0.05, 0) is 91.3 Å². The third-order valence-corrected chi connectivity index (χ3v) is 16.1. The van der Waals surface area contributed by atoms with Crippen molar-refractivity contribution in [2.45, 2.75) is 62.1 Å². The number of carbonyl (C=O) groups is 2. The van der Waals surface area contributed by atoms with Gasteiger partial charge >= 0.3 is 10.2 Å². The van der Waals surface area contributed by atoms with Gasteiger partial charge in [0.05, 0.1) is 42.9 Å². The second-order valence-electron chi connectivity index (χ2n) is 16.9. The van der Waals surface area contributed by atoms with Crippen molar-refractivity contribution in [3.63, 3.8) is 0 Å². The molecule has 2 amide bonds. The molecular formula is C41H56ClN5O9S2. The number of anilines is 1. The first-order valence-electron chi connectivity index (χ1n) is 20.2. The molecule has 3 aliphatic heterocycles. The molecule has 58 heavy (non-hydrogen) atoms. The van der Waals surface area contributed by atoms with Gasteiger partial charge in [0, 0.05) is 70.8 Å². The number of carbonyl (C=O) groups excluding carboxylic acids is 2. The Bertz CT molecular complexity index is 2120. The van der Waals surface area contributed by atoms with Crippen LogP contribution >= 0.6 is 11.6 Å². The molecule has 1 spiro atoms. The molecule has 0 unspecified atom stereocenters. The van der Waals surface area contributed by atoms with E-state index in [2.05, 4.69) is 21.9 Å². The summed E-state index contributed by atoms with van der Waals surface area (Å²) in [6.07, 6.45) is 8.29. The van der Waals surface area contributed by atoms with Crippen molar-refractivity contribution in [1.29, 1.82) is 0 Å². The number of sulfone groups is 1. The zero-order valence-corrected chi connectivity index (χ0v) is 36.0. The van der Waals surface area contributed by atoms with Crippen molar-refractivity contribution in [1.82, 2.24) is 18.8 Å². The van der Waals surface area contributed by atoms with E-state index >= 15 is 0 Å². The predicted molar refractivity (Wildman–Crippen MR) is 222 cm³/mol. The maximum Gasteiger partial charge on any atom is 0.303 e. The van der Waals surface area contributed by atoms with Gasteiger partial charge in [-0.1, -0.05) is 35.9 Å². The van der Waals surface area contributed by atoms with Gasteiger partial charge in [0.25, 0.3) is 5.91 Å². The minimum atomic E-state index is -4.32. The number of nitrogens with one attached hydrogen (secondary N) is 1. The molecule has 7 rings (SSSR count). The molecule has 2 bridgehead atoms. The van der Waals surface area contributed by atoms with Gasteiger partial charge in [-0.2, -0.15) is 12.7 Å². The average Bonchev–Trinajstić information content (AvgIpc) is 3.31. The van der Waals surface area contributed by atoms with Crippen LogP contribution in [-0.2, 0) is 51.8 Å². The fourth-order valence-corrected chi connectivity index (χ4v) is 11.2. The van der Waals surface area contributed by atoms with Gasteiger partial charge < -0.3 is 24.4 Å². The number of rotatable bonds is 7. The summed E-state index contributed by atoms with van der Waals surface area (Å²) >= 11 is 6.49. The van der Waals surface area contributed by atoms with Gasteiger partial charge in [-0.25, -0.2) is 13.1 Å². The van der Waals surface area contributed by atoms with Gasteiger partial charge in [0.1, 0.15) is 5.75 Å². The van der Waals surface area contributed by atoms with Crippen molar-refractivity contribution in [2.75, 3.05) is 90.0 Å². The Labute approximate surface area is 347 Å². The summed E-state index contributed by atoms with van der Waals surface area (Å²) in [5, 5.41) is 13.0. The molecule has 5 aliphatic rings. The third-order valence-electron chi connectivity index (χ3n) is 12.9. The molecule has 2 N–H and O–H groups in total. The molecule has 3 heterocycles. The Kier molecular flexibility index (Phi) is 12.6. The Morgan fingerprint density at radius 1 is 1.12 bits per heavy atom. The lowest BCUT2D eigenvalue weighted by atomic mass is 9.68. The van der Waals surface area contributed by atoms with Crippen molar-refractivity contribution in [3.8, 4) is 5.75 Å². The highest BCUT2D eigenvalue weighted by molar-refractivity contribution is 7.91. The van der Waals surface area contributed by atoms with E-state index in [1.54, 1.807) is 25.2 Å². The molecule has 17 heteroatoms. The smallest absolute Gasteiger partial charge is 0.303 e. The first-order valence-corrected chi connectivity index (χ1v) is 23.9. The van der Waals surface area contributed by atoms with E-state index in [9.17, 15) is 31.5 Å². The van der Waals surface area contributed by atoms with Gasteiger partial charge in [0.2, 0.25) is 5.91 Å². The second kappa shape index (κ2) is 17.0. The van der Waals surface area contributed by atoms with Crippen LogP contribution in [0.25, 0.3) is 0 Å². The largest absolute Gasteiger partial charge is 0.490 e. The number of aryl methyl sites for hydroxylation is 1. The molecule has 0 aromatic heterocycles. The van der Waals surface area contributed by atoms with Crippen molar-refractivity contribution >= 4 is 49.1 Å². The fraction of sp³-hybridized carbons (Fsp3) is 0.610. The van der Waals surface area contributed by atoms with E-state index in [-0.39, 0.29) is 41.6 Å². The predicted octanol–water partition coefficient (Wildman–Crippen LogP) is 2.87. The number of ether oxygens (including phenoxy) is 2. The minimum Gasteiger partial charge on any atom is -0.490 e. The van der Waals surface area contributed by atoms with Crippen molar-refractivity contribution in [2.24, 2.45) is 11.8 Å². The van der Waals surface area contributed by atoms with Crippen LogP contribution < -0.4 is 14.4 Å². The first kappa shape index (κ1) is 42.9. The van der Waals surface area contributed by atoms with Crippen LogP contribution in [0.15, 0.2) is 48.6 Å². The number of halogens is 1. The number of hydrogen-bond acceptors (Lipinski definition) is 11. The lowest BCUT2D eigenvalue weighted by molar-refractivity contribution is -0.148. The number of benzene rings is 2. The molecular weight excluding hydrogens is 806 g/mol. The number of nitrogens with zero attached hydrogens (tertiary/aromatic N) is 4. The van der Waals surface area contributed by atoms with Crippen molar-refractivity contribution < 1.29 is 41.0 Å². The van der Waals surface area contributed by atoms with Crippen LogP contribution in [0.2, 0.25) is 5.02 Å². The molecule has 14 nitrogen and oxygen atoms in total. The highest BCUT2D eigenvalue weighted by Gasteiger charge is 2.47. The summed E-state index contributed by atoms with van der Waals surface area (Å²) in [7, 11) is -3.19. The quantitative estimate of drug-likeness (QED) is 0.394. The van der Waals surface area contributed by atoms with E-state index in [4.69, 9.17) is 21.1 Å². The molecule has 318 valence electrons. The molecule has 1 saturated heterocycles. The van der Waals surface area contributed by atoms with Crippen LogP contribution in [-0.4, -0.2) is 139 Å². The fourth-order valence-electron chi connectivity index (χ4n) is 9.11. The molecule has 0 radical (unpaired) electrons. The summed E-state index contributed by atoms with van der Waals surface area (Å²) in [6.45, 7) is 3.94. The van der Waals surface area contributed by atoms with E-state index < -0.39 is 49.3 Å². The number of aliphatic hydroxyl groups is 1. The zero-order valence-electron chi connectivity index (χ0n) is 33.6. The summed E-state index contributed by atoms with van der Waals surface area (Å²) in [6, 6.07) is 11.0. The molecule has 1 saturated carbocycles. The molecule has 2 aromatic rings. The van der Waals surface area contributed by atoms with E-state index in [1.165, 1.54) is 30.1 Å². The van der Waals surface area contributed by atoms with Crippen LogP contribution in [0.3, 0.4) is 0 Å². The average molecular weight is 863 g/mol.